The van der Waals surface area contributed by atoms with Crippen LogP contribution in [-0.4, -0.2) is 49.8 Å². The predicted octanol–water partition coefficient (Wildman–Crippen LogP) is 2.79. The highest BCUT2D eigenvalue weighted by Crippen LogP contribution is 2.27. The highest BCUT2D eigenvalue weighted by molar-refractivity contribution is 7.89. The number of hydrogen-bond acceptors (Lipinski definition) is 3. The molecule has 1 aromatic carbocycles. The van der Waals surface area contributed by atoms with Crippen molar-refractivity contribution in [2.45, 2.75) is 30.2 Å². The van der Waals surface area contributed by atoms with Gasteiger partial charge in [0, 0.05) is 36.1 Å². The van der Waals surface area contributed by atoms with Crippen molar-refractivity contribution in [3.05, 3.63) is 28.8 Å². The first-order valence-corrected chi connectivity index (χ1v) is 9.09. The van der Waals surface area contributed by atoms with Gasteiger partial charge in [0.05, 0.1) is 4.90 Å². The summed E-state index contributed by atoms with van der Waals surface area (Å²) in [7, 11) is -1.50. The molecule has 21 heavy (non-hydrogen) atoms. The van der Waals surface area contributed by atoms with Gasteiger partial charge in [-0.05, 0) is 44.7 Å². The zero-order valence-electron chi connectivity index (χ0n) is 12.4. The molecule has 0 radical (unpaired) electrons. The molecular formula is C14H20Cl2N2O2S. The average molecular weight is 351 g/mol. The van der Waals surface area contributed by atoms with Gasteiger partial charge >= 0.3 is 0 Å². The number of rotatable bonds is 3. The molecule has 0 amide bonds. The average Bonchev–Trinajstić information content (AvgIpc) is 2.42. The predicted molar refractivity (Wildman–Crippen MR) is 86.5 cm³/mol. The maximum absolute atomic E-state index is 12.8. The Hall–Kier alpha value is -0.330. The van der Waals surface area contributed by atoms with Crippen molar-refractivity contribution < 1.29 is 8.42 Å². The maximum atomic E-state index is 12.8. The van der Waals surface area contributed by atoms with E-state index in [0.29, 0.717) is 30.2 Å². The summed E-state index contributed by atoms with van der Waals surface area (Å²) in [5.41, 5.74) is 0.445. The van der Waals surface area contributed by atoms with Gasteiger partial charge in [-0.2, -0.15) is 4.31 Å². The minimum atomic E-state index is -3.52. The molecule has 0 aromatic heterocycles. The molecule has 4 nitrogen and oxygen atoms in total. The van der Waals surface area contributed by atoms with E-state index in [-0.39, 0.29) is 16.3 Å². The number of hydrogen-bond donors (Lipinski definition) is 0. The molecule has 7 heteroatoms. The van der Waals surface area contributed by atoms with Gasteiger partial charge < -0.3 is 0 Å². The van der Waals surface area contributed by atoms with E-state index >= 15 is 0 Å². The Morgan fingerprint density at radius 3 is 2.52 bits per heavy atom. The summed E-state index contributed by atoms with van der Waals surface area (Å²) >= 11 is 11.8. The van der Waals surface area contributed by atoms with Gasteiger partial charge in [-0.1, -0.05) is 11.6 Å². The third kappa shape index (κ3) is 3.37. The lowest BCUT2D eigenvalue weighted by atomic mass is 10.0. The summed E-state index contributed by atoms with van der Waals surface area (Å²) in [4.78, 5) is 2.42. The Morgan fingerprint density at radius 2 is 1.95 bits per heavy atom. The van der Waals surface area contributed by atoms with Crippen LogP contribution in [0.1, 0.15) is 19.4 Å². The maximum Gasteiger partial charge on any atom is 0.243 e. The van der Waals surface area contributed by atoms with Crippen LogP contribution < -0.4 is 0 Å². The second-order valence-corrected chi connectivity index (χ2v) is 8.57. The van der Waals surface area contributed by atoms with E-state index in [1.54, 1.807) is 18.2 Å². The minimum absolute atomic E-state index is 0.187. The molecule has 0 spiro atoms. The minimum Gasteiger partial charge on any atom is -0.299 e. The molecule has 0 saturated carbocycles. The van der Waals surface area contributed by atoms with Gasteiger partial charge in [-0.15, -0.1) is 11.6 Å². The summed E-state index contributed by atoms with van der Waals surface area (Å²) in [6.45, 7) is 5.75. The lowest BCUT2D eigenvalue weighted by Crippen LogP contribution is -2.58. The molecule has 2 rings (SSSR count). The van der Waals surface area contributed by atoms with Crippen LogP contribution in [0.2, 0.25) is 5.02 Å². The van der Waals surface area contributed by atoms with Crippen molar-refractivity contribution in [3.63, 3.8) is 0 Å². The molecule has 118 valence electrons. The number of halogens is 2. The first kappa shape index (κ1) is 17.0. The van der Waals surface area contributed by atoms with Gasteiger partial charge in [0.25, 0.3) is 0 Å². The normalized spacial score (nSPS) is 20.6. The number of sulfonamides is 1. The van der Waals surface area contributed by atoms with E-state index in [0.717, 1.165) is 0 Å². The summed E-state index contributed by atoms with van der Waals surface area (Å²) in [5, 5.41) is 0.489. The highest BCUT2D eigenvalue weighted by Gasteiger charge is 2.37. The fourth-order valence-corrected chi connectivity index (χ4v) is 4.47. The number of alkyl halides is 1. The van der Waals surface area contributed by atoms with Crippen molar-refractivity contribution in [2.75, 3.05) is 26.7 Å². The summed E-state index contributed by atoms with van der Waals surface area (Å²) in [5.74, 6) is 0.191. The first-order valence-electron chi connectivity index (χ1n) is 6.74. The summed E-state index contributed by atoms with van der Waals surface area (Å²) < 4.78 is 27.1. The van der Waals surface area contributed by atoms with Crippen LogP contribution in [0.15, 0.2) is 23.1 Å². The Morgan fingerprint density at radius 1 is 1.29 bits per heavy atom. The molecule has 1 aliphatic rings. The molecule has 0 N–H and O–H groups in total. The molecular weight excluding hydrogens is 331 g/mol. The number of likely N-dealkylation sites (N-methyl/N-ethyl adjacent to an activating group) is 1. The molecule has 1 aliphatic heterocycles. The van der Waals surface area contributed by atoms with E-state index in [2.05, 4.69) is 4.90 Å². The topological polar surface area (TPSA) is 40.6 Å². The second kappa shape index (κ2) is 6.05. The number of piperazine rings is 1. The van der Waals surface area contributed by atoms with Gasteiger partial charge in [-0.3, -0.25) is 4.90 Å². The Bertz CT molecular complexity index is 632. The van der Waals surface area contributed by atoms with Crippen molar-refractivity contribution in [1.82, 2.24) is 9.21 Å². The Labute approximate surface area is 136 Å². The summed E-state index contributed by atoms with van der Waals surface area (Å²) in [6.07, 6.45) is 0. The van der Waals surface area contributed by atoms with E-state index < -0.39 is 10.0 Å². The van der Waals surface area contributed by atoms with Crippen molar-refractivity contribution in [3.8, 4) is 0 Å². The monoisotopic (exact) mass is 350 g/mol. The zero-order chi connectivity index (χ0) is 15.8. The molecule has 0 atom stereocenters. The zero-order valence-corrected chi connectivity index (χ0v) is 14.8. The van der Waals surface area contributed by atoms with Crippen LogP contribution in [0.5, 0.6) is 0 Å². The SMILES string of the molecule is CN1CCN(S(=O)(=O)c2ccc(Cl)c(CCl)c2)CC1(C)C. The fraction of sp³-hybridized carbons (Fsp3) is 0.571. The van der Waals surface area contributed by atoms with Crippen molar-refractivity contribution >= 4 is 33.2 Å². The first-order chi connectivity index (χ1) is 9.68. The van der Waals surface area contributed by atoms with E-state index in [1.165, 1.54) is 4.31 Å². The number of nitrogens with zero attached hydrogens (tertiary/aromatic N) is 2. The van der Waals surface area contributed by atoms with E-state index in [9.17, 15) is 8.42 Å². The van der Waals surface area contributed by atoms with Crippen LogP contribution in [0.3, 0.4) is 0 Å². The van der Waals surface area contributed by atoms with Crippen LogP contribution in [0, 0.1) is 0 Å². The quantitative estimate of drug-likeness (QED) is 0.787. The molecule has 0 bridgehead atoms. The molecule has 1 saturated heterocycles. The summed E-state index contributed by atoms with van der Waals surface area (Å²) in [6, 6.07) is 4.70. The van der Waals surface area contributed by atoms with Crippen LogP contribution in [0.25, 0.3) is 0 Å². The number of benzene rings is 1. The smallest absolute Gasteiger partial charge is 0.243 e. The van der Waals surface area contributed by atoms with Crippen LogP contribution in [0.4, 0.5) is 0 Å². The van der Waals surface area contributed by atoms with Crippen molar-refractivity contribution in [1.29, 1.82) is 0 Å². The van der Waals surface area contributed by atoms with Crippen LogP contribution >= 0.6 is 23.2 Å². The lowest BCUT2D eigenvalue weighted by Gasteiger charge is -2.44. The highest BCUT2D eigenvalue weighted by atomic mass is 35.5. The van der Waals surface area contributed by atoms with Gasteiger partial charge in [-0.25, -0.2) is 8.42 Å². The van der Waals surface area contributed by atoms with Crippen molar-refractivity contribution in [2.24, 2.45) is 0 Å². The lowest BCUT2D eigenvalue weighted by molar-refractivity contribution is 0.0801. The van der Waals surface area contributed by atoms with Gasteiger partial charge in [0.2, 0.25) is 10.0 Å². The molecule has 1 heterocycles. The standard InChI is InChI=1S/C14H20Cl2N2O2S/c1-14(2)10-18(7-6-17(14)3)21(19,20)12-4-5-13(16)11(8-12)9-15/h4-5,8H,6-7,9-10H2,1-3H3. The third-order valence-corrected chi connectivity index (χ3v) is 6.58. The van der Waals surface area contributed by atoms with Gasteiger partial charge in [0.15, 0.2) is 0 Å². The van der Waals surface area contributed by atoms with E-state index in [1.807, 2.05) is 20.9 Å². The Balaban J connectivity index is 2.34. The Kier molecular flexibility index (Phi) is 4.90. The molecule has 1 fully saturated rings. The molecule has 0 unspecified atom stereocenters. The van der Waals surface area contributed by atoms with E-state index in [4.69, 9.17) is 23.2 Å². The fourth-order valence-electron chi connectivity index (χ4n) is 2.36. The van der Waals surface area contributed by atoms with Crippen LogP contribution in [-0.2, 0) is 15.9 Å². The molecule has 0 aliphatic carbocycles. The third-order valence-electron chi connectivity index (χ3n) is 4.08. The van der Waals surface area contributed by atoms with Gasteiger partial charge in [0.1, 0.15) is 0 Å². The largest absolute Gasteiger partial charge is 0.299 e. The second-order valence-electron chi connectivity index (χ2n) is 5.96. The molecule has 1 aromatic rings.